The van der Waals surface area contributed by atoms with Gasteiger partial charge in [0.1, 0.15) is 12.1 Å². The van der Waals surface area contributed by atoms with Gasteiger partial charge in [-0.05, 0) is 26.0 Å². The first-order chi connectivity index (χ1) is 14.2. The maximum atomic E-state index is 12.5. The monoisotopic (exact) mass is 395 g/mol. The summed E-state index contributed by atoms with van der Waals surface area (Å²) in [5.74, 6) is 0.537. The molecule has 0 saturated heterocycles. The maximum Gasteiger partial charge on any atom is 0.241 e. The van der Waals surface area contributed by atoms with E-state index in [0.717, 1.165) is 28.4 Å². The van der Waals surface area contributed by atoms with Crippen molar-refractivity contribution in [1.29, 1.82) is 0 Å². The second-order valence-electron chi connectivity index (χ2n) is 7.83. The number of benzene rings is 1. The van der Waals surface area contributed by atoms with Gasteiger partial charge in [-0.2, -0.15) is 5.10 Å². The Morgan fingerprint density at radius 2 is 2.00 bits per heavy atom. The molecule has 4 rings (SSSR count). The molecular formula is C22H29N5O2. The van der Waals surface area contributed by atoms with Crippen LogP contribution in [0.3, 0.4) is 0 Å². The Hall–Kier alpha value is -2.67. The first-order valence-electron chi connectivity index (χ1n) is 10.4. The Bertz CT molecular complexity index is 993. The number of pyridine rings is 1. The highest BCUT2D eigenvalue weighted by molar-refractivity contribution is 6.06. The molecule has 7 nitrogen and oxygen atoms in total. The number of nitrogens with one attached hydrogen (secondary N) is 1. The van der Waals surface area contributed by atoms with Gasteiger partial charge in [0.15, 0.2) is 0 Å². The van der Waals surface area contributed by atoms with Crippen LogP contribution in [0, 0.1) is 0 Å². The van der Waals surface area contributed by atoms with Crippen molar-refractivity contribution in [1.82, 2.24) is 25.0 Å². The van der Waals surface area contributed by atoms with Crippen molar-refractivity contribution in [2.24, 2.45) is 0 Å². The third kappa shape index (κ3) is 4.19. The summed E-state index contributed by atoms with van der Waals surface area (Å²) in [6.07, 6.45) is 8.23. The highest BCUT2D eigenvalue weighted by Crippen LogP contribution is 2.30. The van der Waals surface area contributed by atoms with Gasteiger partial charge < -0.3 is 15.0 Å². The van der Waals surface area contributed by atoms with Crippen molar-refractivity contribution >= 4 is 27.7 Å². The van der Waals surface area contributed by atoms with Crippen molar-refractivity contribution in [2.75, 3.05) is 27.2 Å². The van der Waals surface area contributed by atoms with Gasteiger partial charge in [0.2, 0.25) is 11.8 Å². The van der Waals surface area contributed by atoms with E-state index in [1.807, 2.05) is 24.3 Å². The zero-order chi connectivity index (χ0) is 20.2. The minimum atomic E-state index is -0.0352. The second kappa shape index (κ2) is 8.78. The molecule has 1 N–H and O–H groups in total. The molecule has 1 fully saturated rings. The van der Waals surface area contributed by atoms with Crippen LogP contribution in [0.4, 0.5) is 0 Å². The summed E-state index contributed by atoms with van der Waals surface area (Å²) in [7, 11) is 3.77. The Kier molecular flexibility index (Phi) is 5.94. The van der Waals surface area contributed by atoms with E-state index in [-0.39, 0.29) is 12.5 Å². The van der Waals surface area contributed by atoms with Crippen molar-refractivity contribution in [3.63, 3.8) is 0 Å². The van der Waals surface area contributed by atoms with E-state index >= 15 is 0 Å². The van der Waals surface area contributed by atoms with Crippen LogP contribution in [0.15, 0.2) is 30.5 Å². The molecule has 1 aromatic carbocycles. The van der Waals surface area contributed by atoms with Gasteiger partial charge >= 0.3 is 0 Å². The van der Waals surface area contributed by atoms with E-state index < -0.39 is 0 Å². The van der Waals surface area contributed by atoms with E-state index in [2.05, 4.69) is 27.3 Å². The van der Waals surface area contributed by atoms with Gasteiger partial charge in [0.25, 0.3) is 0 Å². The molecule has 2 aromatic heterocycles. The zero-order valence-electron chi connectivity index (χ0n) is 17.2. The molecule has 7 heteroatoms. The number of aromatic nitrogens is 3. The maximum absolute atomic E-state index is 12.5. The molecule has 29 heavy (non-hydrogen) atoms. The molecule has 3 aromatic rings. The predicted molar refractivity (Wildman–Crippen MR) is 114 cm³/mol. The number of carbonyl (C=O) groups is 1. The van der Waals surface area contributed by atoms with Crippen LogP contribution in [-0.2, 0) is 11.3 Å². The summed E-state index contributed by atoms with van der Waals surface area (Å²) in [5.41, 5.74) is 1.58. The van der Waals surface area contributed by atoms with Crippen LogP contribution in [0.5, 0.6) is 5.88 Å². The summed E-state index contributed by atoms with van der Waals surface area (Å²) in [6, 6.07) is 8.56. The minimum Gasteiger partial charge on any atom is -0.481 e. The van der Waals surface area contributed by atoms with Crippen LogP contribution in [0.2, 0.25) is 0 Å². The SMILES string of the molecule is COc1nc2cnn(CC(=O)NCCN(C)C3CCCCC3)c2c2ccccc12. The molecule has 1 saturated carbocycles. The Morgan fingerprint density at radius 3 is 2.76 bits per heavy atom. The number of nitrogens with zero attached hydrogens (tertiary/aromatic N) is 4. The fourth-order valence-corrected chi connectivity index (χ4v) is 4.32. The molecular weight excluding hydrogens is 366 g/mol. The van der Waals surface area contributed by atoms with E-state index in [1.165, 1.54) is 32.1 Å². The fourth-order valence-electron chi connectivity index (χ4n) is 4.32. The third-order valence-corrected chi connectivity index (χ3v) is 5.93. The van der Waals surface area contributed by atoms with Crippen LogP contribution < -0.4 is 10.1 Å². The van der Waals surface area contributed by atoms with Gasteiger partial charge in [-0.1, -0.05) is 37.5 Å². The van der Waals surface area contributed by atoms with E-state index in [1.54, 1.807) is 18.0 Å². The van der Waals surface area contributed by atoms with Crippen molar-refractivity contribution < 1.29 is 9.53 Å². The van der Waals surface area contributed by atoms with E-state index in [9.17, 15) is 4.79 Å². The zero-order valence-corrected chi connectivity index (χ0v) is 17.2. The van der Waals surface area contributed by atoms with Crippen molar-refractivity contribution in [2.45, 2.75) is 44.7 Å². The lowest BCUT2D eigenvalue weighted by atomic mass is 9.94. The fraction of sp³-hybridized carbons (Fsp3) is 0.500. The number of methoxy groups -OCH3 is 1. The minimum absolute atomic E-state index is 0.0352. The lowest BCUT2D eigenvalue weighted by molar-refractivity contribution is -0.121. The summed E-state index contributed by atoms with van der Waals surface area (Å²) in [4.78, 5) is 19.5. The molecule has 1 amide bonds. The van der Waals surface area contributed by atoms with Crippen LogP contribution in [-0.4, -0.2) is 58.9 Å². The average Bonchev–Trinajstić information content (AvgIpc) is 3.16. The predicted octanol–water partition coefficient (Wildman–Crippen LogP) is 2.97. The van der Waals surface area contributed by atoms with E-state index in [0.29, 0.717) is 18.5 Å². The lowest BCUT2D eigenvalue weighted by Gasteiger charge is -2.31. The van der Waals surface area contributed by atoms with Crippen LogP contribution in [0.1, 0.15) is 32.1 Å². The van der Waals surface area contributed by atoms with Crippen molar-refractivity contribution in [3.05, 3.63) is 30.5 Å². The second-order valence-corrected chi connectivity index (χ2v) is 7.83. The number of hydrogen-bond donors (Lipinski definition) is 1. The standard InChI is InChI=1S/C22H29N5O2/c1-26(16-8-4-3-5-9-16)13-12-23-20(28)15-27-21-17-10-6-7-11-18(17)22(29-2)25-19(21)14-24-27/h6-7,10-11,14,16H,3-5,8-9,12-13,15H2,1-2H3,(H,23,28). The van der Waals surface area contributed by atoms with E-state index in [4.69, 9.17) is 4.74 Å². The van der Waals surface area contributed by atoms with Crippen molar-refractivity contribution in [3.8, 4) is 5.88 Å². The number of rotatable bonds is 7. The molecule has 1 aliphatic carbocycles. The normalized spacial score (nSPS) is 15.3. The summed E-state index contributed by atoms with van der Waals surface area (Å²) in [6.45, 7) is 1.70. The Morgan fingerprint density at radius 1 is 1.24 bits per heavy atom. The van der Waals surface area contributed by atoms with Gasteiger partial charge in [0.05, 0.1) is 18.8 Å². The van der Waals surface area contributed by atoms with Gasteiger partial charge in [0, 0.05) is 29.9 Å². The molecule has 0 radical (unpaired) electrons. The highest BCUT2D eigenvalue weighted by atomic mass is 16.5. The number of amides is 1. The molecule has 2 heterocycles. The largest absolute Gasteiger partial charge is 0.481 e. The van der Waals surface area contributed by atoms with Gasteiger partial charge in [-0.25, -0.2) is 4.98 Å². The quantitative estimate of drug-likeness (QED) is 0.666. The summed E-state index contributed by atoms with van der Waals surface area (Å²) < 4.78 is 7.15. The van der Waals surface area contributed by atoms with Gasteiger partial charge in [-0.3, -0.25) is 9.48 Å². The molecule has 1 aliphatic rings. The third-order valence-electron chi connectivity index (χ3n) is 5.93. The molecule has 0 bridgehead atoms. The number of carbonyl (C=O) groups excluding carboxylic acids is 1. The molecule has 0 unspecified atom stereocenters. The average molecular weight is 396 g/mol. The van der Waals surface area contributed by atoms with Crippen LogP contribution >= 0.6 is 0 Å². The molecule has 154 valence electrons. The lowest BCUT2D eigenvalue weighted by Crippen LogP contribution is -2.40. The van der Waals surface area contributed by atoms with Crippen LogP contribution in [0.25, 0.3) is 21.8 Å². The first-order valence-corrected chi connectivity index (χ1v) is 10.4. The van der Waals surface area contributed by atoms with Gasteiger partial charge in [-0.15, -0.1) is 0 Å². The number of ether oxygens (including phenoxy) is 1. The molecule has 0 aliphatic heterocycles. The first kappa shape index (κ1) is 19.6. The number of likely N-dealkylation sites (N-methyl/N-ethyl adjacent to an activating group) is 1. The molecule has 0 spiro atoms. The highest BCUT2D eigenvalue weighted by Gasteiger charge is 2.18. The Labute approximate surface area is 171 Å². The number of hydrogen-bond acceptors (Lipinski definition) is 5. The smallest absolute Gasteiger partial charge is 0.241 e. The summed E-state index contributed by atoms with van der Waals surface area (Å²) in [5, 5.41) is 9.34. The topological polar surface area (TPSA) is 72.3 Å². The number of fused-ring (bicyclic) bond motifs is 3. The Balaban J connectivity index is 1.42. The summed E-state index contributed by atoms with van der Waals surface area (Å²) >= 11 is 0. The molecule has 0 atom stereocenters.